The number of carbonyl (C=O) groups is 1. The van der Waals surface area contributed by atoms with Crippen LogP contribution in [0, 0.1) is 15.3 Å². The van der Waals surface area contributed by atoms with E-state index in [2.05, 4.69) is 0 Å². The first kappa shape index (κ1) is 16.0. The van der Waals surface area contributed by atoms with Gasteiger partial charge in [-0.25, -0.2) is 0 Å². The second-order valence-corrected chi connectivity index (χ2v) is 0.224. The molecule has 0 heterocycles. The Balaban J connectivity index is -0.0000000480. The molecular formula is CH2AgNO4. The van der Waals surface area contributed by atoms with Crippen LogP contribution >= 0.6 is 0 Å². The van der Waals surface area contributed by atoms with Gasteiger partial charge in [-0.15, -0.1) is 0 Å². The monoisotopic (exact) mass is 199 g/mol. The minimum absolute atomic E-state index is 0. The van der Waals surface area contributed by atoms with Crippen LogP contribution in [0.15, 0.2) is 0 Å². The summed E-state index contributed by atoms with van der Waals surface area (Å²) in [5.74, 6) is 0. The molecule has 0 saturated heterocycles. The molecule has 0 aromatic carbocycles. The molecule has 0 fully saturated rings. The fourth-order valence-electron chi connectivity index (χ4n) is 0. The van der Waals surface area contributed by atoms with Gasteiger partial charge in [-0.1, -0.05) is 0 Å². The Kier molecular flexibility index (Phi) is 39.9. The molecule has 0 aliphatic heterocycles. The summed E-state index contributed by atoms with van der Waals surface area (Å²) in [5, 5.41) is 14.8. The quantitative estimate of drug-likeness (QED) is 0.301. The van der Waals surface area contributed by atoms with Crippen LogP contribution in [-0.4, -0.2) is 11.9 Å². The van der Waals surface area contributed by atoms with Crippen molar-refractivity contribution in [2.75, 3.05) is 0 Å². The third-order valence-corrected chi connectivity index (χ3v) is 0. The molecule has 46 valence electrons. The van der Waals surface area contributed by atoms with E-state index in [4.69, 9.17) is 20.1 Å². The van der Waals surface area contributed by atoms with Crippen molar-refractivity contribution in [1.82, 2.24) is 0 Å². The molecule has 0 aromatic heterocycles. The van der Waals surface area contributed by atoms with Gasteiger partial charge in [0.1, 0.15) is 6.79 Å². The van der Waals surface area contributed by atoms with Crippen LogP contribution in [0.2, 0.25) is 0 Å². The summed E-state index contributed by atoms with van der Waals surface area (Å²) in [7, 11) is 0. The van der Waals surface area contributed by atoms with E-state index < -0.39 is 5.09 Å². The summed E-state index contributed by atoms with van der Waals surface area (Å²) < 4.78 is 0. The predicted octanol–water partition coefficient (Wildman–Crippen LogP) is -0.426. The molecule has 0 unspecified atom stereocenters. The number of nitrogens with zero attached hydrogens (tertiary/aromatic N) is 1. The first-order chi connectivity index (χ1) is 2.73. The fraction of sp³-hybridized carbons (Fsp3) is 0. The summed E-state index contributed by atoms with van der Waals surface area (Å²) in [6, 6.07) is 0. The van der Waals surface area contributed by atoms with Gasteiger partial charge in [0.05, 0.1) is 5.09 Å². The maximum atomic E-state index is 8.25. The summed E-state index contributed by atoms with van der Waals surface area (Å²) >= 11 is 0. The van der Waals surface area contributed by atoms with Crippen LogP contribution in [-0.2, 0) is 27.2 Å². The molecule has 0 bridgehead atoms. The molecule has 0 aliphatic carbocycles. The van der Waals surface area contributed by atoms with Gasteiger partial charge in [-0.05, 0) is 0 Å². The second kappa shape index (κ2) is 17.5. The van der Waals surface area contributed by atoms with E-state index in [0.29, 0.717) is 0 Å². The molecule has 6 heteroatoms. The molecule has 0 aromatic rings. The first-order valence-electron chi connectivity index (χ1n) is 0.836. The van der Waals surface area contributed by atoms with Crippen molar-refractivity contribution in [3.05, 3.63) is 15.3 Å². The number of hydrogen-bond donors (Lipinski definition) is 0. The topological polar surface area (TPSA) is 83.3 Å². The average molecular weight is 200 g/mol. The summed E-state index contributed by atoms with van der Waals surface area (Å²) in [4.78, 5) is 16.2. The van der Waals surface area contributed by atoms with Gasteiger partial charge in [0.2, 0.25) is 0 Å². The number of rotatable bonds is 0. The summed E-state index contributed by atoms with van der Waals surface area (Å²) in [6.07, 6.45) is 0. The van der Waals surface area contributed by atoms with Gasteiger partial charge in [-0.3, -0.25) is 0 Å². The zero-order chi connectivity index (χ0) is 5.58. The van der Waals surface area contributed by atoms with Gasteiger partial charge in [0.15, 0.2) is 0 Å². The van der Waals surface area contributed by atoms with Crippen molar-refractivity contribution in [2.45, 2.75) is 0 Å². The first-order valence-corrected chi connectivity index (χ1v) is 0.836. The van der Waals surface area contributed by atoms with Crippen molar-refractivity contribution in [3.63, 3.8) is 0 Å². The van der Waals surface area contributed by atoms with Crippen LogP contribution < -0.4 is 0 Å². The predicted molar refractivity (Wildman–Crippen MR) is 17.5 cm³/mol. The Morgan fingerprint density at radius 3 is 1.29 bits per heavy atom. The maximum absolute atomic E-state index is 8.25. The van der Waals surface area contributed by atoms with Gasteiger partial charge < -0.3 is 20.1 Å². The Morgan fingerprint density at radius 2 is 1.29 bits per heavy atom. The Morgan fingerprint density at radius 1 is 1.29 bits per heavy atom. The van der Waals surface area contributed by atoms with Gasteiger partial charge in [0, 0.05) is 0 Å². The van der Waals surface area contributed by atoms with Crippen LogP contribution in [0.4, 0.5) is 0 Å². The smallest absolute Gasteiger partial charge is 0.356 e. The zero-order valence-corrected chi connectivity index (χ0v) is 4.57. The molecule has 0 spiro atoms. The number of carbonyl (C=O) groups excluding carboxylic acids is 1. The Labute approximate surface area is 54.9 Å². The van der Waals surface area contributed by atoms with E-state index in [-0.39, 0.29) is 22.4 Å². The van der Waals surface area contributed by atoms with Crippen molar-refractivity contribution >= 4 is 6.79 Å². The minimum Gasteiger partial charge on any atom is -0.356 e. The zero-order valence-electron chi connectivity index (χ0n) is 3.09. The van der Waals surface area contributed by atoms with Crippen molar-refractivity contribution in [1.29, 1.82) is 0 Å². The normalized spacial score (nSPS) is 4.00. The van der Waals surface area contributed by atoms with Crippen LogP contribution in [0.5, 0.6) is 0 Å². The Hall–Kier alpha value is -0.390. The van der Waals surface area contributed by atoms with Crippen LogP contribution in [0.25, 0.3) is 0 Å². The average Bonchev–Trinajstić information content (AvgIpc) is 1.41. The van der Waals surface area contributed by atoms with Gasteiger partial charge in [0.25, 0.3) is 0 Å². The van der Waals surface area contributed by atoms with E-state index in [1.165, 1.54) is 0 Å². The molecule has 0 saturated carbocycles. The van der Waals surface area contributed by atoms with E-state index in [0.717, 1.165) is 0 Å². The van der Waals surface area contributed by atoms with E-state index >= 15 is 0 Å². The van der Waals surface area contributed by atoms with Crippen LogP contribution in [0.1, 0.15) is 0 Å². The Bertz CT molecular complexity index is 43.0. The van der Waals surface area contributed by atoms with Crippen LogP contribution in [0.3, 0.4) is 0 Å². The fourth-order valence-corrected chi connectivity index (χ4v) is 0. The summed E-state index contributed by atoms with van der Waals surface area (Å²) in [5.41, 5.74) is 0. The van der Waals surface area contributed by atoms with Crippen molar-refractivity contribution in [2.24, 2.45) is 0 Å². The second-order valence-electron chi connectivity index (χ2n) is 0.224. The maximum Gasteiger partial charge on any atom is 1.00 e. The van der Waals surface area contributed by atoms with Crippen molar-refractivity contribution < 1.29 is 32.3 Å². The molecule has 0 N–H and O–H groups in total. The van der Waals surface area contributed by atoms with Gasteiger partial charge in [-0.2, -0.15) is 0 Å². The SMILES string of the molecule is C=O.O=[N+]([O-])[O-].[Ag+]. The van der Waals surface area contributed by atoms with E-state index in [1.54, 1.807) is 0 Å². The molecule has 7 heavy (non-hydrogen) atoms. The van der Waals surface area contributed by atoms with Gasteiger partial charge >= 0.3 is 22.4 Å². The third-order valence-electron chi connectivity index (χ3n) is 0. The molecule has 0 aliphatic rings. The summed E-state index contributed by atoms with van der Waals surface area (Å²) in [6.45, 7) is 2.00. The van der Waals surface area contributed by atoms with E-state index in [1.807, 2.05) is 6.79 Å². The van der Waals surface area contributed by atoms with E-state index in [9.17, 15) is 0 Å². The molecule has 0 radical (unpaired) electrons. The minimum atomic E-state index is -1.75. The molecule has 0 rings (SSSR count). The number of hydrogen-bond acceptors (Lipinski definition) is 4. The standard InChI is InChI=1S/CH2O.Ag.NO3/c1-2;;2-1(3)4/h1H2;;/q;+1;-1. The third kappa shape index (κ3) is 481. The molecule has 0 atom stereocenters. The van der Waals surface area contributed by atoms with Crippen molar-refractivity contribution in [3.8, 4) is 0 Å². The largest absolute Gasteiger partial charge is 1.00 e. The molecule has 0 amide bonds. The molecule has 5 nitrogen and oxygen atoms in total. The molecular weight excluding hydrogens is 198 g/mol.